The zero-order valence-electron chi connectivity index (χ0n) is 11.6. The number of carbonyl (C=O) groups excluding carboxylic acids is 2. The Balaban J connectivity index is 2.29. The van der Waals surface area contributed by atoms with Crippen LogP contribution >= 0.6 is 0 Å². The van der Waals surface area contributed by atoms with E-state index in [1.54, 1.807) is 6.92 Å². The van der Waals surface area contributed by atoms with Gasteiger partial charge in [0, 0.05) is 25.1 Å². The number of carboxylic acid groups (broad SMARTS) is 1. The van der Waals surface area contributed by atoms with Crippen LogP contribution in [0.15, 0.2) is 18.2 Å². The summed E-state index contributed by atoms with van der Waals surface area (Å²) in [6.45, 7) is 1.95. The molecule has 0 aromatic heterocycles. The first-order valence-electron chi connectivity index (χ1n) is 6.43. The van der Waals surface area contributed by atoms with E-state index in [4.69, 9.17) is 5.11 Å². The first kappa shape index (κ1) is 16.6. The van der Waals surface area contributed by atoms with Crippen molar-refractivity contribution in [2.45, 2.75) is 19.8 Å². The van der Waals surface area contributed by atoms with E-state index in [1.807, 2.05) is 0 Å². The Bertz CT molecular complexity index is 546. The summed E-state index contributed by atoms with van der Waals surface area (Å²) in [6.07, 6.45) is -0.340. The van der Waals surface area contributed by atoms with Crippen molar-refractivity contribution in [3.05, 3.63) is 35.1 Å². The number of rotatable bonds is 7. The van der Waals surface area contributed by atoms with Gasteiger partial charge >= 0.3 is 5.97 Å². The second-order valence-corrected chi connectivity index (χ2v) is 4.46. The Labute approximate surface area is 121 Å². The van der Waals surface area contributed by atoms with Crippen LogP contribution in [0.3, 0.4) is 0 Å². The van der Waals surface area contributed by atoms with Gasteiger partial charge in [0.2, 0.25) is 5.91 Å². The first-order valence-corrected chi connectivity index (χ1v) is 6.43. The van der Waals surface area contributed by atoms with Crippen molar-refractivity contribution in [1.29, 1.82) is 0 Å². The monoisotopic (exact) mass is 296 g/mol. The van der Waals surface area contributed by atoms with Crippen LogP contribution in [0.5, 0.6) is 0 Å². The maximum atomic E-state index is 13.3. The number of hydrogen-bond acceptors (Lipinski definition) is 3. The lowest BCUT2D eigenvalue weighted by Crippen LogP contribution is -2.34. The number of aryl methyl sites for hydroxylation is 1. The van der Waals surface area contributed by atoms with Crippen LogP contribution < -0.4 is 10.6 Å². The molecule has 0 fully saturated rings. The molecule has 0 aliphatic heterocycles. The predicted molar refractivity (Wildman–Crippen MR) is 73.3 cm³/mol. The van der Waals surface area contributed by atoms with Crippen LogP contribution in [0, 0.1) is 12.7 Å². The van der Waals surface area contributed by atoms with Gasteiger partial charge in [-0.25, -0.2) is 4.39 Å². The quantitative estimate of drug-likeness (QED) is 0.650. The molecule has 114 valence electrons. The minimum atomic E-state index is -1.04. The van der Waals surface area contributed by atoms with Crippen molar-refractivity contribution in [2.75, 3.05) is 13.1 Å². The Hall–Kier alpha value is -2.44. The third-order valence-corrected chi connectivity index (χ3v) is 2.73. The highest BCUT2D eigenvalue weighted by molar-refractivity contribution is 5.94. The molecule has 0 aliphatic rings. The number of carboxylic acids is 1. The highest BCUT2D eigenvalue weighted by Gasteiger charge is 2.08. The molecule has 1 rings (SSSR count). The molecule has 0 saturated carbocycles. The van der Waals surface area contributed by atoms with Crippen LogP contribution in [0.2, 0.25) is 0 Å². The van der Waals surface area contributed by atoms with E-state index in [2.05, 4.69) is 10.6 Å². The van der Waals surface area contributed by atoms with Gasteiger partial charge in [0.15, 0.2) is 0 Å². The molecule has 0 spiro atoms. The molecular formula is C14H17FN2O4. The topological polar surface area (TPSA) is 95.5 Å². The molecule has 0 bridgehead atoms. The van der Waals surface area contributed by atoms with Gasteiger partial charge in [-0.05, 0) is 24.6 Å². The largest absolute Gasteiger partial charge is 0.481 e. The van der Waals surface area contributed by atoms with Crippen molar-refractivity contribution >= 4 is 17.8 Å². The number of benzene rings is 1. The molecule has 0 saturated heterocycles. The third-order valence-electron chi connectivity index (χ3n) is 2.73. The zero-order valence-corrected chi connectivity index (χ0v) is 11.6. The van der Waals surface area contributed by atoms with E-state index in [0.717, 1.165) is 6.07 Å². The second kappa shape index (κ2) is 7.98. The summed E-state index contributed by atoms with van der Waals surface area (Å²) < 4.78 is 13.3. The lowest BCUT2D eigenvalue weighted by Gasteiger charge is -2.07. The third kappa shape index (κ3) is 6.03. The number of carbonyl (C=O) groups is 3. The average Bonchev–Trinajstić information content (AvgIpc) is 2.44. The van der Waals surface area contributed by atoms with Crippen molar-refractivity contribution in [2.24, 2.45) is 0 Å². The normalized spacial score (nSPS) is 10.0. The fourth-order valence-electron chi connectivity index (χ4n) is 1.52. The Kier molecular flexibility index (Phi) is 6.32. The molecule has 3 N–H and O–H groups in total. The van der Waals surface area contributed by atoms with Crippen LogP contribution in [0.25, 0.3) is 0 Å². The fraction of sp³-hybridized carbons (Fsp3) is 0.357. The molecule has 21 heavy (non-hydrogen) atoms. The molecular weight excluding hydrogens is 279 g/mol. The van der Waals surface area contributed by atoms with E-state index in [1.165, 1.54) is 12.1 Å². The number of hydrogen-bond donors (Lipinski definition) is 3. The average molecular weight is 296 g/mol. The molecule has 1 aromatic carbocycles. The summed E-state index contributed by atoms with van der Waals surface area (Å²) in [5, 5.41) is 13.4. The van der Waals surface area contributed by atoms with Crippen molar-refractivity contribution in [3.8, 4) is 0 Å². The number of aliphatic carboxylic acids is 1. The molecule has 6 nitrogen and oxygen atoms in total. The van der Waals surface area contributed by atoms with E-state index in [0.29, 0.717) is 5.56 Å². The van der Waals surface area contributed by atoms with Gasteiger partial charge in [0.25, 0.3) is 5.91 Å². The molecule has 0 radical (unpaired) electrons. The summed E-state index contributed by atoms with van der Waals surface area (Å²) in [5.74, 6) is -2.33. The van der Waals surface area contributed by atoms with Gasteiger partial charge in [0.1, 0.15) is 5.82 Å². The molecule has 0 unspecified atom stereocenters. The molecule has 0 heterocycles. The van der Waals surface area contributed by atoms with Gasteiger partial charge in [-0.2, -0.15) is 0 Å². The Morgan fingerprint density at radius 2 is 1.81 bits per heavy atom. The summed E-state index contributed by atoms with van der Waals surface area (Å²) in [4.78, 5) is 33.2. The lowest BCUT2D eigenvalue weighted by atomic mass is 10.1. The molecule has 0 atom stereocenters. The van der Waals surface area contributed by atoms with Gasteiger partial charge in [-0.15, -0.1) is 0 Å². The zero-order chi connectivity index (χ0) is 15.8. The molecule has 1 aromatic rings. The minimum Gasteiger partial charge on any atom is -0.481 e. The summed E-state index contributed by atoms with van der Waals surface area (Å²) >= 11 is 0. The van der Waals surface area contributed by atoms with Crippen molar-refractivity contribution in [1.82, 2.24) is 10.6 Å². The summed E-state index contributed by atoms with van der Waals surface area (Å²) in [7, 11) is 0. The van der Waals surface area contributed by atoms with Crippen LogP contribution in [0.4, 0.5) is 4.39 Å². The van der Waals surface area contributed by atoms with Crippen LogP contribution in [-0.2, 0) is 9.59 Å². The van der Waals surface area contributed by atoms with Gasteiger partial charge in [-0.1, -0.05) is 6.07 Å². The predicted octanol–water partition coefficient (Wildman–Crippen LogP) is 0.845. The van der Waals surface area contributed by atoms with E-state index in [9.17, 15) is 18.8 Å². The first-order chi connectivity index (χ1) is 9.90. The SMILES string of the molecule is Cc1ccc(C(=O)NCCNC(=O)CCC(=O)O)cc1F. The van der Waals surface area contributed by atoms with Crippen LogP contribution in [0.1, 0.15) is 28.8 Å². The van der Waals surface area contributed by atoms with Gasteiger partial charge < -0.3 is 15.7 Å². The van der Waals surface area contributed by atoms with Crippen LogP contribution in [-0.4, -0.2) is 36.0 Å². The second-order valence-electron chi connectivity index (χ2n) is 4.46. The smallest absolute Gasteiger partial charge is 0.303 e. The molecule has 0 aliphatic carbocycles. The Morgan fingerprint density at radius 3 is 2.43 bits per heavy atom. The van der Waals surface area contributed by atoms with E-state index in [-0.39, 0.29) is 31.5 Å². The Morgan fingerprint density at radius 1 is 1.14 bits per heavy atom. The highest BCUT2D eigenvalue weighted by Crippen LogP contribution is 2.08. The number of halogens is 1. The maximum Gasteiger partial charge on any atom is 0.303 e. The van der Waals surface area contributed by atoms with E-state index >= 15 is 0 Å². The lowest BCUT2D eigenvalue weighted by molar-refractivity contribution is -0.138. The summed E-state index contributed by atoms with van der Waals surface area (Å²) in [6, 6.07) is 4.17. The number of nitrogens with one attached hydrogen (secondary N) is 2. The molecule has 2 amide bonds. The van der Waals surface area contributed by atoms with Gasteiger partial charge in [0.05, 0.1) is 6.42 Å². The van der Waals surface area contributed by atoms with Crippen molar-refractivity contribution < 1.29 is 23.9 Å². The number of amides is 2. The summed E-state index contributed by atoms with van der Waals surface area (Å²) in [5.41, 5.74) is 0.660. The van der Waals surface area contributed by atoms with Gasteiger partial charge in [-0.3, -0.25) is 14.4 Å². The standard InChI is InChI=1S/C14H17FN2O4/c1-9-2-3-10(8-11(9)15)14(21)17-7-6-16-12(18)4-5-13(19)20/h2-3,8H,4-7H2,1H3,(H,16,18)(H,17,21)(H,19,20). The highest BCUT2D eigenvalue weighted by atomic mass is 19.1. The minimum absolute atomic E-state index is 0.105. The fourth-order valence-corrected chi connectivity index (χ4v) is 1.52. The maximum absolute atomic E-state index is 13.3. The van der Waals surface area contributed by atoms with E-state index < -0.39 is 23.6 Å². The van der Waals surface area contributed by atoms with Crippen molar-refractivity contribution in [3.63, 3.8) is 0 Å². The molecule has 7 heteroatoms.